The van der Waals surface area contributed by atoms with E-state index in [2.05, 4.69) is 10.6 Å². The number of aryl methyl sites for hydroxylation is 1. The Hall–Kier alpha value is -1.84. The zero-order valence-electron chi connectivity index (χ0n) is 8.83. The molecule has 0 spiro atoms. The van der Waals surface area contributed by atoms with Crippen LogP contribution in [0.15, 0.2) is 18.2 Å². The van der Waals surface area contributed by atoms with Gasteiger partial charge in [-0.1, -0.05) is 13.0 Å². The fourth-order valence-electron chi connectivity index (χ4n) is 1.19. The molecule has 1 aromatic carbocycles. The van der Waals surface area contributed by atoms with Crippen LogP contribution in [0.2, 0.25) is 0 Å². The van der Waals surface area contributed by atoms with Gasteiger partial charge in [0.2, 0.25) is 12.3 Å². The summed E-state index contributed by atoms with van der Waals surface area (Å²) in [7, 11) is 0. The summed E-state index contributed by atoms with van der Waals surface area (Å²) in [5.41, 5.74) is 2.26. The molecule has 0 aromatic heterocycles. The lowest BCUT2D eigenvalue weighted by atomic mass is 10.2. The molecule has 0 aliphatic heterocycles. The molecule has 2 amide bonds. The maximum absolute atomic E-state index is 11.2. The molecule has 0 saturated heterocycles. The van der Waals surface area contributed by atoms with Crippen LogP contribution < -0.4 is 10.6 Å². The Labute approximate surface area is 88.7 Å². The van der Waals surface area contributed by atoms with Crippen LogP contribution in [0.4, 0.5) is 11.4 Å². The summed E-state index contributed by atoms with van der Waals surface area (Å²) >= 11 is 0. The third-order valence-electron chi connectivity index (χ3n) is 1.98. The first-order valence-electron chi connectivity index (χ1n) is 4.78. The first-order valence-corrected chi connectivity index (χ1v) is 4.78. The van der Waals surface area contributed by atoms with E-state index in [0.717, 1.165) is 5.56 Å². The number of carbonyl (C=O) groups is 2. The predicted molar refractivity (Wildman–Crippen MR) is 59.8 cm³/mol. The van der Waals surface area contributed by atoms with Crippen LogP contribution in [0.1, 0.15) is 18.9 Å². The first kappa shape index (κ1) is 11.2. The molecular formula is C11H14N2O2. The Morgan fingerprint density at radius 1 is 1.40 bits per heavy atom. The maximum atomic E-state index is 11.2. The fraction of sp³-hybridized carbons (Fsp3) is 0.273. The molecule has 4 nitrogen and oxygen atoms in total. The minimum atomic E-state index is -0.0761. The summed E-state index contributed by atoms with van der Waals surface area (Å²) in [5.74, 6) is -0.0761. The van der Waals surface area contributed by atoms with Crippen molar-refractivity contribution in [1.82, 2.24) is 0 Å². The van der Waals surface area contributed by atoms with Crippen LogP contribution in [0, 0.1) is 6.92 Å². The van der Waals surface area contributed by atoms with Gasteiger partial charge >= 0.3 is 0 Å². The third-order valence-corrected chi connectivity index (χ3v) is 1.98. The monoisotopic (exact) mass is 206 g/mol. The van der Waals surface area contributed by atoms with Gasteiger partial charge in [0.25, 0.3) is 0 Å². The van der Waals surface area contributed by atoms with E-state index in [9.17, 15) is 9.59 Å². The van der Waals surface area contributed by atoms with Gasteiger partial charge in [0, 0.05) is 6.42 Å². The van der Waals surface area contributed by atoms with E-state index in [-0.39, 0.29) is 5.91 Å². The van der Waals surface area contributed by atoms with E-state index >= 15 is 0 Å². The topological polar surface area (TPSA) is 58.2 Å². The van der Waals surface area contributed by atoms with Gasteiger partial charge < -0.3 is 10.6 Å². The highest BCUT2D eigenvalue weighted by molar-refractivity contribution is 5.95. The molecule has 80 valence electrons. The van der Waals surface area contributed by atoms with Gasteiger partial charge in [-0.05, 0) is 24.6 Å². The van der Waals surface area contributed by atoms with Crippen molar-refractivity contribution in [3.63, 3.8) is 0 Å². The molecule has 0 aliphatic carbocycles. The zero-order valence-corrected chi connectivity index (χ0v) is 8.83. The van der Waals surface area contributed by atoms with Crippen molar-refractivity contribution in [3.8, 4) is 0 Å². The fourth-order valence-corrected chi connectivity index (χ4v) is 1.19. The van der Waals surface area contributed by atoms with Gasteiger partial charge in [-0.25, -0.2) is 0 Å². The molecule has 2 N–H and O–H groups in total. The molecule has 0 radical (unpaired) electrons. The molecule has 0 saturated carbocycles. The number of amides is 2. The summed E-state index contributed by atoms with van der Waals surface area (Å²) in [4.78, 5) is 21.6. The largest absolute Gasteiger partial charge is 0.327 e. The lowest BCUT2D eigenvalue weighted by Gasteiger charge is -2.10. The van der Waals surface area contributed by atoms with Crippen LogP contribution in [0.5, 0.6) is 0 Å². The normalized spacial score (nSPS) is 9.47. The number of nitrogens with one attached hydrogen (secondary N) is 2. The molecular weight excluding hydrogens is 192 g/mol. The zero-order chi connectivity index (χ0) is 11.3. The Bertz CT molecular complexity index is 375. The van der Waals surface area contributed by atoms with Gasteiger partial charge in [-0.3, -0.25) is 9.59 Å². The molecule has 0 fully saturated rings. The van der Waals surface area contributed by atoms with E-state index in [0.29, 0.717) is 24.2 Å². The minimum absolute atomic E-state index is 0.0761. The molecule has 4 heteroatoms. The summed E-state index contributed by atoms with van der Waals surface area (Å²) in [6, 6.07) is 5.45. The van der Waals surface area contributed by atoms with Gasteiger partial charge in [0.15, 0.2) is 0 Å². The van der Waals surface area contributed by atoms with Crippen molar-refractivity contribution in [2.75, 3.05) is 10.6 Å². The highest BCUT2D eigenvalue weighted by Gasteiger charge is 2.04. The average Bonchev–Trinajstić information content (AvgIpc) is 2.22. The molecule has 15 heavy (non-hydrogen) atoms. The van der Waals surface area contributed by atoms with Crippen molar-refractivity contribution >= 4 is 23.7 Å². The highest BCUT2D eigenvalue weighted by atomic mass is 16.1. The number of hydrogen-bond donors (Lipinski definition) is 2. The van der Waals surface area contributed by atoms with Gasteiger partial charge in [0.1, 0.15) is 0 Å². The van der Waals surface area contributed by atoms with Crippen LogP contribution in [-0.4, -0.2) is 12.3 Å². The van der Waals surface area contributed by atoms with Gasteiger partial charge in [-0.15, -0.1) is 0 Å². The lowest BCUT2D eigenvalue weighted by molar-refractivity contribution is -0.116. The molecule has 0 bridgehead atoms. The Morgan fingerprint density at radius 2 is 2.13 bits per heavy atom. The van der Waals surface area contributed by atoms with Crippen molar-refractivity contribution in [2.24, 2.45) is 0 Å². The standard InChI is InChI=1S/C11H14N2O2/c1-3-11(15)13-9-5-4-8(2)6-10(9)12-7-14/h4-7H,3H2,1-2H3,(H,12,14)(H,13,15). The number of carbonyl (C=O) groups excluding carboxylic acids is 2. The molecule has 0 aliphatic rings. The van der Waals surface area contributed by atoms with E-state index in [1.807, 2.05) is 13.0 Å². The number of benzene rings is 1. The molecule has 0 atom stereocenters. The smallest absolute Gasteiger partial charge is 0.224 e. The SMILES string of the molecule is CCC(=O)Nc1ccc(C)cc1NC=O. The van der Waals surface area contributed by atoms with Crippen molar-refractivity contribution in [2.45, 2.75) is 20.3 Å². The second kappa shape index (κ2) is 5.14. The van der Waals surface area contributed by atoms with E-state index in [4.69, 9.17) is 0 Å². The molecule has 0 heterocycles. The second-order valence-electron chi connectivity index (χ2n) is 3.21. The first-order chi connectivity index (χ1) is 7.17. The van der Waals surface area contributed by atoms with Crippen molar-refractivity contribution in [3.05, 3.63) is 23.8 Å². The number of rotatable bonds is 4. The molecule has 1 aromatic rings. The Balaban J connectivity index is 2.94. The summed E-state index contributed by atoms with van der Waals surface area (Å²) in [5, 5.41) is 5.26. The van der Waals surface area contributed by atoms with Crippen LogP contribution in [0.3, 0.4) is 0 Å². The summed E-state index contributed by atoms with van der Waals surface area (Å²) in [6.45, 7) is 3.69. The van der Waals surface area contributed by atoms with E-state index in [1.54, 1.807) is 19.1 Å². The third kappa shape index (κ3) is 3.09. The van der Waals surface area contributed by atoms with Crippen LogP contribution in [-0.2, 0) is 9.59 Å². The Morgan fingerprint density at radius 3 is 2.73 bits per heavy atom. The average molecular weight is 206 g/mol. The van der Waals surface area contributed by atoms with E-state index in [1.165, 1.54) is 0 Å². The predicted octanol–water partition coefficient (Wildman–Crippen LogP) is 1.91. The lowest BCUT2D eigenvalue weighted by Crippen LogP contribution is -2.11. The van der Waals surface area contributed by atoms with Crippen molar-refractivity contribution < 1.29 is 9.59 Å². The maximum Gasteiger partial charge on any atom is 0.224 e. The quantitative estimate of drug-likeness (QED) is 0.739. The van der Waals surface area contributed by atoms with Gasteiger partial charge in [0.05, 0.1) is 11.4 Å². The molecule has 1 rings (SSSR count). The summed E-state index contributed by atoms with van der Waals surface area (Å²) in [6.07, 6.45) is 1.00. The van der Waals surface area contributed by atoms with Crippen LogP contribution in [0.25, 0.3) is 0 Å². The second-order valence-corrected chi connectivity index (χ2v) is 3.21. The minimum Gasteiger partial charge on any atom is -0.327 e. The highest BCUT2D eigenvalue weighted by Crippen LogP contribution is 2.22. The number of anilines is 2. The summed E-state index contributed by atoms with van der Waals surface area (Å²) < 4.78 is 0. The van der Waals surface area contributed by atoms with E-state index < -0.39 is 0 Å². The Kier molecular flexibility index (Phi) is 3.85. The van der Waals surface area contributed by atoms with Crippen LogP contribution >= 0.6 is 0 Å². The number of hydrogen-bond acceptors (Lipinski definition) is 2. The van der Waals surface area contributed by atoms with Crippen molar-refractivity contribution in [1.29, 1.82) is 0 Å². The van der Waals surface area contributed by atoms with Gasteiger partial charge in [-0.2, -0.15) is 0 Å². The molecule has 0 unspecified atom stereocenters.